The molecule has 0 aliphatic heterocycles. The van der Waals surface area contributed by atoms with Gasteiger partial charge in [-0.1, -0.05) is 17.7 Å². The number of aryl methyl sites for hydroxylation is 1. The summed E-state index contributed by atoms with van der Waals surface area (Å²) in [6.45, 7) is 1.98. The van der Waals surface area contributed by atoms with Gasteiger partial charge in [0.05, 0.1) is 0 Å². The maximum Gasteiger partial charge on any atom is 0.372 e. The third kappa shape index (κ3) is 1.74. The second-order valence-corrected chi connectivity index (χ2v) is 3.26. The number of nitrogens with zero attached hydrogens (tertiary/aromatic N) is 2. The molecule has 76 valence electrons. The molecule has 1 aromatic carbocycles. The van der Waals surface area contributed by atoms with Crippen LogP contribution in [0.1, 0.15) is 16.2 Å². The highest BCUT2D eigenvalue weighted by Crippen LogP contribution is 2.11. The van der Waals surface area contributed by atoms with Gasteiger partial charge in [0.1, 0.15) is 0 Å². The fourth-order valence-corrected chi connectivity index (χ4v) is 1.38. The Morgan fingerprint density at radius 2 is 2.00 bits per heavy atom. The number of aromatic carboxylic acids is 1. The van der Waals surface area contributed by atoms with E-state index in [0.29, 0.717) is 0 Å². The highest BCUT2D eigenvalue weighted by atomic mass is 16.4. The molecule has 1 N–H and O–H groups in total. The molecule has 0 saturated heterocycles. The van der Waals surface area contributed by atoms with E-state index in [1.165, 1.54) is 6.20 Å². The molecule has 0 fully saturated rings. The first-order valence-corrected chi connectivity index (χ1v) is 4.52. The van der Waals surface area contributed by atoms with Crippen LogP contribution in [0.5, 0.6) is 0 Å². The lowest BCUT2D eigenvalue weighted by molar-refractivity contribution is 0.0681. The molecule has 0 amide bonds. The molecule has 0 spiro atoms. The highest BCUT2D eigenvalue weighted by Gasteiger charge is 2.11. The van der Waals surface area contributed by atoms with Crippen molar-refractivity contribution in [1.82, 2.24) is 9.55 Å². The first-order chi connectivity index (χ1) is 7.18. The smallest absolute Gasteiger partial charge is 0.372 e. The Balaban J connectivity index is 2.49. The van der Waals surface area contributed by atoms with Crippen molar-refractivity contribution in [2.45, 2.75) is 6.92 Å². The predicted molar refractivity (Wildman–Crippen MR) is 55.3 cm³/mol. The van der Waals surface area contributed by atoms with Gasteiger partial charge in [-0.15, -0.1) is 0 Å². The van der Waals surface area contributed by atoms with Crippen molar-refractivity contribution in [3.63, 3.8) is 0 Å². The average molecular weight is 202 g/mol. The lowest BCUT2D eigenvalue weighted by atomic mass is 10.2. The summed E-state index contributed by atoms with van der Waals surface area (Å²) in [4.78, 5) is 14.6. The van der Waals surface area contributed by atoms with Crippen LogP contribution in [0.2, 0.25) is 0 Å². The largest absolute Gasteiger partial charge is 0.475 e. The fraction of sp³-hybridized carbons (Fsp3) is 0.0909. The minimum absolute atomic E-state index is 0.0267. The first kappa shape index (κ1) is 9.45. The molecule has 1 heterocycles. The number of rotatable bonds is 2. The molecule has 4 nitrogen and oxygen atoms in total. The van der Waals surface area contributed by atoms with Crippen LogP contribution in [0.15, 0.2) is 36.7 Å². The summed E-state index contributed by atoms with van der Waals surface area (Å²) >= 11 is 0. The molecule has 0 aliphatic carbocycles. The van der Waals surface area contributed by atoms with E-state index in [-0.39, 0.29) is 5.82 Å². The van der Waals surface area contributed by atoms with Crippen LogP contribution in [0, 0.1) is 6.92 Å². The molecule has 0 bridgehead atoms. The number of carboxylic acid groups (broad SMARTS) is 1. The molecule has 0 atom stereocenters. The highest BCUT2D eigenvalue weighted by molar-refractivity contribution is 5.84. The number of hydrogen-bond acceptors (Lipinski definition) is 2. The van der Waals surface area contributed by atoms with Crippen molar-refractivity contribution < 1.29 is 9.90 Å². The van der Waals surface area contributed by atoms with Crippen molar-refractivity contribution in [2.75, 3.05) is 0 Å². The molecular weight excluding hydrogens is 192 g/mol. The van der Waals surface area contributed by atoms with Crippen molar-refractivity contribution in [1.29, 1.82) is 0 Å². The molecule has 2 aromatic rings. The molecule has 0 radical (unpaired) electrons. The van der Waals surface area contributed by atoms with Crippen LogP contribution in [-0.4, -0.2) is 20.6 Å². The van der Waals surface area contributed by atoms with E-state index >= 15 is 0 Å². The van der Waals surface area contributed by atoms with E-state index in [4.69, 9.17) is 5.11 Å². The van der Waals surface area contributed by atoms with Crippen LogP contribution in [0.25, 0.3) is 5.69 Å². The minimum Gasteiger partial charge on any atom is -0.475 e. The molecule has 2 rings (SSSR count). The molecule has 15 heavy (non-hydrogen) atoms. The Morgan fingerprint density at radius 1 is 1.33 bits per heavy atom. The van der Waals surface area contributed by atoms with Gasteiger partial charge in [0.2, 0.25) is 5.82 Å². The normalized spacial score (nSPS) is 10.2. The van der Waals surface area contributed by atoms with E-state index in [0.717, 1.165) is 11.3 Å². The third-order valence-electron chi connectivity index (χ3n) is 2.14. The van der Waals surface area contributed by atoms with Crippen LogP contribution >= 0.6 is 0 Å². The van der Waals surface area contributed by atoms with Gasteiger partial charge in [-0.25, -0.2) is 9.78 Å². The average Bonchev–Trinajstić information content (AvgIpc) is 2.67. The Labute approximate surface area is 86.8 Å². The van der Waals surface area contributed by atoms with Gasteiger partial charge < -0.3 is 5.11 Å². The quantitative estimate of drug-likeness (QED) is 0.808. The first-order valence-electron chi connectivity index (χ1n) is 4.52. The number of benzene rings is 1. The second-order valence-electron chi connectivity index (χ2n) is 3.26. The molecule has 0 unspecified atom stereocenters. The van der Waals surface area contributed by atoms with Gasteiger partial charge in [0.25, 0.3) is 0 Å². The zero-order valence-corrected chi connectivity index (χ0v) is 8.21. The summed E-state index contributed by atoms with van der Waals surface area (Å²) in [5.41, 5.74) is 1.94. The molecule has 0 saturated carbocycles. The number of aromatic nitrogens is 2. The zero-order chi connectivity index (χ0) is 10.8. The topological polar surface area (TPSA) is 55.1 Å². The van der Waals surface area contributed by atoms with Gasteiger partial charge in [0.15, 0.2) is 0 Å². The summed E-state index contributed by atoms with van der Waals surface area (Å²) < 4.78 is 1.54. The summed E-state index contributed by atoms with van der Waals surface area (Å²) in [6, 6.07) is 7.59. The molecular formula is C11H10N2O2. The van der Waals surface area contributed by atoms with Gasteiger partial charge >= 0.3 is 5.97 Å². The van der Waals surface area contributed by atoms with Crippen molar-refractivity contribution in [3.05, 3.63) is 48.0 Å². The van der Waals surface area contributed by atoms with Crippen molar-refractivity contribution in [3.8, 4) is 5.69 Å². The van der Waals surface area contributed by atoms with Crippen LogP contribution < -0.4 is 0 Å². The second kappa shape index (κ2) is 3.57. The van der Waals surface area contributed by atoms with E-state index in [1.807, 2.05) is 31.2 Å². The maximum atomic E-state index is 10.8. The van der Waals surface area contributed by atoms with Gasteiger partial charge in [-0.3, -0.25) is 4.57 Å². The van der Waals surface area contributed by atoms with Crippen molar-refractivity contribution >= 4 is 5.97 Å². The summed E-state index contributed by atoms with van der Waals surface area (Å²) in [6.07, 6.45) is 3.11. The minimum atomic E-state index is -1.03. The fourth-order valence-electron chi connectivity index (χ4n) is 1.38. The Morgan fingerprint density at radius 3 is 2.60 bits per heavy atom. The van der Waals surface area contributed by atoms with E-state index in [2.05, 4.69) is 4.98 Å². The van der Waals surface area contributed by atoms with Gasteiger partial charge in [0, 0.05) is 18.1 Å². The standard InChI is InChI=1S/C11H10N2O2/c1-8-2-4-9(5-3-8)13-7-6-12-10(13)11(14)15/h2-7H,1H3,(H,14,15). The Kier molecular flexibility index (Phi) is 2.25. The molecule has 1 aromatic heterocycles. The van der Waals surface area contributed by atoms with E-state index in [1.54, 1.807) is 10.8 Å². The van der Waals surface area contributed by atoms with E-state index < -0.39 is 5.97 Å². The van der Waals surface area contributed by atoms with Gasteiger partial charge in [-0.2, -0.15) is 0 Å². The number of imidazole rings is 1. The Bertz CT molecular complexity index is 486. The zero-order valence-electron chi connectivity index (χ0n) is 8.21. The maximum absolute atomic E-state index is 10.8. The van der Waals surface area contributed by atoms with Crippen LogP contribution in [-0.2, 0) is 0 Å². The number of hydrogen-bond donors (Lipinski definition) is 1. The van der Waals surface area contributed by atoms with Crippen LogP contribution in [0.4, 0.5) is 0 Å². The van der Waals surface area contributed by atoms with Gasteiger partial charge in [-0.05, 0) is 19.1 Å². The summed E-state index contributed by atoms with van der Waals surface area (Å²) in [5.74, 6) is -1.00. The monoisotopic (exact) mass is 202 g/mol. The summed E-state index contributed by atoms with van der Waals surface area (Å²) in [7, 11) is 0. The van der Waals surface area contributed by atoms with Crippen molar-refractivity contribution in [2.24, 2.45) is 0 Å². The SMILES string of the molecule is Cc1ccc(-n2ccnc2C(=O)O)cc1. The summed E-state index contributed by atoms with van der Waals surface area (Å²) in [5, 5.41) is 8.89. The number of carbonyl (C=O) groups is 1. The van der Waals surface area contributed by atoms with E-state index in [9.17, 15) is 4.79 Å². The third-order valence-corrected chi connectivity index (χ3v) is 2.14. The van der Waals surface area contributed by atoms with Crippen LogP contribution in [0.3, 0.4) is 0 Å². The lowest BCUT2D eigenvalue weighted by Crippen LogP contribution is -2.07. The lowest BCUT2D eigenvalue weighted by Gasteiger charge is -2.04. The molecule has 4 heteroatoms. The predicted octanol–water partition coefficient (Wildman–Crippen LogP) is 1.88. The number of carboxylic acids is 1. The molecule has 0 aliphatic rings. The Hall–Kier alpha value is -2.10.